The Kier molecular flexibility index (Phi) is 3.96. The van der Waals surface area contributed by atoms with Gasteiger partial charge in [0.15, 0.2) is 5.82 Å². The Labute approximate surface area is 120 Å². The van der Waals surface area contributed by atoms with Gasteiger partial charge in [-0.3, -0.25) is 4.72 Å². The van der Waals surface area contributed by atoms with Gasteiger partial charge in [-0.1, -0.05) is 23.7 Å². The summed E-state index contributed by atoms with van der Waals surface area (Å²) in [5, 5.41) is -0.208. The zero-order valence-electron chi connectivity index (χ0n) is 10.3. The molecule has 0 saturated carbocycles. The summed E-state index contributed by atoms with van der Waals surface area (Å²) in [5.74, 6) is -1.54. The Morgan fingerprint density at radius 1 is 1.15 bits per heavy atom. The minimum atomic E-state index is -4.08. The highest BCUT2D eigenvalue weighted by molar-refractivity contribution is 7.92. The van der Waals surface area contributed by atoms with E-state index < -0.39 is 21.7 Å². The molecule has 0 aliphatic heterocycles. The van der Waals surface area contributed by atoms with Crippen molar-refractivity contribution in [3.8, 4) is 0 Å². The van der Waals surface area contributed by atoms with E-state index in [1.165, 1.54) is 37.3 Å². The molecule has 0 aliphatic rings. The highest BCUT2D eigenvalue weighted by Gasteiger charge is 2.18. The second-order valence-corrected chi connectivity index (χ2v) is 6.21. The fourth-order valence-electron chi connectivity index (χ4n) is 1.53. The normalized spacial score (nSPS) is 11.4. The van der Waals surface area contributed by atoms with Gasteiger partial charge in [0.1, 0.15) is 5.82 Å². The van der Waals surface area contributed by atoms with E-state index in [9.17, 15) is 17.2 Å². The maximum atomic E-state index is 13.7. The molecule has 2 aromatic carbocycles. The Balaban J connectivity index is 2.41. The fraction of sp³-hybridized carbons (Fsp3) is 0.0769. The quantitative estimate of drug-likeness (QED) is 0.937. The molecule has 0 heterocycles. The van der Waals surface area contributed by atoms with Gasteiger partial charge in [0.25, 0.3) is 10.0 Å². The number of halogens is 3. The summed E-state index contributed by atoms with van der Waals surface area (Å²) in [7, 11) is -4.08. The van der Waals surface area contributed by atoms with Crippen LogP contribution in [0.2, 0.25) is 5.02 Å². The van der Waals surface area contributed by atoms with Gasteiger partial charge < -0.3 is 0 Å². The van der Waals surface area contributed by atoms with Crippen LogP contribution in [0.15, 0.2) is 41.3 Å². The maximum absolute atomic E-state index is 13.7. The number of rotatable bonds is 3. The summed E-state index contributed by atoms with van der Waals surface area (Å²) in [6.07, 6.45) is 0. The lowest BCUT2D eigenvalue weighted by Crippen LogP contribution is -2.14. The average Bonchev–Trinajstić information content (AvgIpc) is 2.38. The van der Waals surface area contributed by atoms with Crippen molar-refractivity contribution < 1.29 is 17.2 Å². The molecular weight excluding hydrogens is 308 g/mol. The first-order valence-electron chi connectivity index (χ1n) is 5.54. The van der Waals surface area contributed by atoms with Gasteiger partial charge >= 0.3 is 0 Å². The third-order valence-corrected chi connectivity index (χ3v) is 4.30. The molecule has 3 nitrogen and oxygen atoms in total. The minimum Gasteiger partial charge on any atom is -0.277 e. The third-order valence-electron chi connectivity index (χ3n) is 2.65. The topological polar surface area (TPSA) is 46.2 Å². The van der Waals surface area contributed by atoms with Gasteiger partial charge in [0.05, 0.1) is 15.6 Å². The van der Waals surface area contributed by atoms with Crippen LogP contribution in [-0.2, 0) is 10.0 Å². The summed E-state index contributed by atoms with van der Waals surface area (Å²) < 4.78 is 53.2. The SMILES string of the molecule is Cc1ccc(S(=O)(=O)Nc2cccc(Cl)c2F)cc1F. The number of aryl methyl sites for hydroxylation is 1. The number of hydrogen-bond acceptors (Lipinski definition) is 2. The van der Waals surface area contributed by atoms with Crippen molar-refractivity contribution in [2.45, 2.75) is 11.8 Å². The molecule has 7 heteroatoms. The molecule has 0 aromatic heterocycles. The molecule has 0 radical (unpaired) electrons. The lowest BCUT2D eigenvalue weighted by atomic mass is 10.2. The van der Waals surface area contributed by atoms with Gasteiger partial charge in [0.2, 0.25) is 0 Å². The molecule has 2 aromatic rings. The van der Waals surface area contributed by atoms with Crippen LogP contribution in [0.3, 0.4) is 0 Å². The van der Waals surface area contributed by atoms with Crippen molar-refractivity contribution in [1.29, 1.82) is 0 Å². The number of sulfonamides is 1. The van der Waals surface area contributed by atoms with E-state index in [1.807, 2.05) is 4.72 Å². The highest BCUT2D eigenvalue weighted by atomic mass is 35.5. The van der Waals surface area contributed by atoms with Crippen LogP contribution in [0.1, 0.15) is 5.56 Å². The van der Waals surface area contributed by atoms with E-state index in [0.717, 1.165) is 6.07 Å². The Morgan fingerprint density at radius 2 is 1.85 bits per heavy atom. The van der Waals surface area contributed by atoms with E-state index in [2.05, 4.69) is 0 Å². The second-order valence-electron chi connectivity index (χ2n) is 4.12. The standard InChI is InChI=1S/C13H10ClF2NO2S/c1-8-5-6-9(7-11(8)15)20(18,19)17-12-4-2-3-10(14)13(12)16/h2-7,17H,1H3. The van der Waals surface area contributed by atoms with Crippen molar-refractivity contribution in [2.24, 2.45) is 0 Å². The van der Waals surface area contributed by atoms with E-state index >= 15 is 0 Å². The first-order valence-corrected chi connectivity index (χ1v) is 7.40. The molecule has 0 spiro atoms. The number of nitrogens with one attached hydrogen (secondary N) is 1. The van der Waals surface area contributed by atoms with E-state index in [4.69, 9.17) is 11.6 Å². The third kappa shape index (κ3) is 2.91. The van der Waals surface area contributed by atoms with Gasteiger partial charge in [-0.05, 0) is 36.8 Å². The Bertz CT molecular complexity index is 763. The molecule has 2 rings (SSSR count). The van der Waals surface area contributed by atoms with Gasteiger partial charge in [0, 0.05) is 0 Å². The molecule has 0 unspecified atom stereocenters. The molecular formula is C13H10ClF2NO2S. The van der Waals surface area contributed by atoms with Crippen molar-refractivity contribution in [3.63, 3.8) is 0 Å². The van der Waals surface area contributed by atoms with Crippen molar-refractivity contribution >= 4 is 27.3 Å². The van der Waals surface area contributed by atoms with Crippen LogP contribution in [0, 0.1) is 18.6 Å². The summed E-state index contributed by atoms with van der Waals surface area (Å²) in [6.45, 7) is 1.51. The molecule has 106 valence electrons. The zero-order chi connectivity index (χ0) is 14.9. The van der Waals surface area contributed by atoms with E-state index in [0.29, 0.717) is 5.56 Å². The summed E-state index contributed by atoms with van der Waals surface area (Å²) in [5.41, 5.74) is 0.0244. The molecule has 0 bridgehead atoms. The summed E-state index contributed by atoms with van der Waals surface area (Å²) >= 11 is 5.56. The molecule has 0 aliphatic carbocycles. The van der Waals surface area contributed by atoms with Crippen molar-refractivity contribution in [3.05, 3.63) is 58.6 Å². The van der Waals surface area contributed by atoms with Crippen LogP contribution >= 0.6 is 11.6 Å². The van der Waals surface area contributed by atoms with Crippen LogP contribution in [0.4, 0.5) is 14.5 Å². The maximum Gasteiger partial charge on any atom is 0.262 e. The van der Waals surface area contributed by atoms with Crippen LogP contribution < -0.4 is 4.72 Å². The lowest BCUT2D eigenvalue weighted by Gasteiger charge is -2.10. The molecule has 0 atom stereocenters. The predicted molar refractivity (Wildman–Crippen MR) is 73.4 cm³/mol. The van der Waals surface area contributed by atoms with E-state index in [-0.39, 0.29) is 15.6 Å². The van der Waals surface area contributed by atoms with E-state index in [1.54, 1.807) is 0 Å². The van der Waals surface area contributed by atoms with Gasteiger partial charge in [-0.25, -0.2) is 17.2 Å². The smallest absolute Gasteiger partial charge is 0.262 e. The molecule has 0 fully saturated rings. The molecule has 0 saturated heterocycles. The summed E-state index contributed by atoms with van der Waals surface area (Å²) in [4.78, 5) is -0.292. The molecule has 20 heavy (non-hydrogen) atoms. The monoisotopic (exact) mass is 317 g/mol. The number of hydrogen-bond donors (Lipinski definition) is 1. The average molecular weight is 318 g/mol. The fourth-order valence-corrected chi connectivity index (χ4v) is 2.77. The van der Waals surface area contributed by atoms with Crippen molar-refractivity contribution in [2.75, 3.05) is 4.72 Å². The second kappa shape index (κ2) is 5.38. The Hall–Kier alpha value is -1.66. The predicted octanol–water partition coefficient (Wildman–Crippen LogP) is 3.73. The zero-order valence-corrected chi connectivity index (χ0v) is 11.9. The first-order chi connectivity index (χ1) is 9.31. The van der Waals surface area contributed by atoms with Crippen LogP contribution in [-0.4, -0.2) is 8.42 Å². The van der Waals surface area contributed by atoms with Crippen LogP contribution in [0.5, 0.6) is 0 Å². The molecule has 0 amide bonds. The number of anilines is 1. The largest absolute Gasteiger partial charge is 0.277 e. The highest BCUT2D eigenvalue weighted by Crippen LogP contribution is 2.25. The lowest BCUT2D eigenvalue weighted by molar-refractivity contribution is 0.591. The summed E-state index contributed by atoms with van der Waals surface area (Å²) in [6, 6.07) is 7.37. The number of benzene rings is 2. The Morgan fingerprint density at radius 3 is 2.50 bits per heavy atom. The minimum absolute atomic E-state index is 0.208. The van der Waals surface area contributed by atoms with Gasteiger partial charge in [-0.2, -0.15) is 0 Å². The van der Waals surface area contributed by atoms with Crippen molar-refractivity contribution in [1.82, 2.24) is 0 Å². The van der Waals surface area contributed by atoms with Gasteiger partial charge in [-0.15, -0.1) is 0 Å². The first kappa shape index (κ1) is 14.7. The van der Waals surface area contributed by atoms with Crippen LogP contribution in [0.25, 0.3) is 0 Å². The molecule has 1 N–H and O–H groups in total.